The number of aliphatic hydroxyl groups is 1. The number of benzene rings is 3. The molecule has 6 heteroatoms. The van der Waals surface area contributed by atoms with Gasteiger partial charge < -0.3 is 15.7 Å². The van der Waals surface area contributed by atoms with Crippen LogP contribution in [-0.2, 0) is 17.8 Å². The second kappa shape index (κ2) is 9.87. The average Bonchev–Trinajstić information content (AvgIpc) is 2.74. The highest BCUT2D eigenvalue weighted by molar-refractivity contribution is 6.30. The molecule has 3 rings (SSSR count). The molecular formula is C23H21ClN2O3. The maximum atomic E-state index is 12.9. The Morgan fingerprint density at radius 2 is 1.59 bits per heavy atom. The van der Waals surface area contributed by atoms with Crippen LogP contribution in [0.3, 0.4) is 0 Å². The Morgan fingerprint density at radius 1 is 0.897 bits per heavy atom. The average molecular weight is 409 g/mol. The first-order valence-electron chi connectivity index (χ1n) is 9.16. The Labute approximate surface area is 174 Å². The van der Waals surface area contributed by atoms with Gasteiger partial charge in [0.2, 0.25) is 5.91 Å². The Hall–Kier alpha value is -3.15. The lowest BCUT2D eigenvalue weighted by molar-refractivity contribution is -0.118. The van der Waals surface area contributed by atoms with Gasteiger partial charge in [-0.25, -0.2) is 0 Å². The SMILES string of the molecule is O=C(NC(Cc1ccccc1)C(=O)Nc1cccc(CO)c1)c1ccc(Cl)cc1. The third-order valence-electron chi connectivity index (χ3n) is 4.39. The molecule has 0 aliphatic carbocycles. The van der Waals surface area contributed by atoms with Gasteiger partial charge in [0.15, 0.2) is 0 Å². The highest BCUT2D eigenvalue weighted by Crippen LogP contribution is 2.14. The minimum Gasteiger partial charge on any atom is -0.392 e. The third-order valence-corrected chi connectivity index (χ3v) is 4.64. The molecule has 0 saturated carbocycles. The van der Waals surface area contributed by atoms with Gasteiger partial charge in [-0.15, -0.1) is 0 Å². The molecule has 0 saturated heterocycles. The van der Waals surface area contributed by atoms with E-state index in [4.69, 9.17) is 11.6 Å². The zero-order valence-corrected chi connectivity index (χ0v) is 16.4. The van der Waals surface area contributed by atoms with E-state index in [1.165, 1.54) is 0 Å². The van der Waals surface area contributed by atoms with Crippen molar-refractivity contribution in [2.45, 2.75) is 19.1 Å². The van der Waals surface area contributed by atoms with Crippen molar-refractivity contribution in [1.29, 1.82) is 0 Å². The molecule has 5 nitrogen and oxygen atoms in total. The summed E-state index contributed by atoms with van der Waals surface area (Å²) in [5.74, 6) is -0.701. The van der Waals surface area contributed by atoms with Crippen LogP contribution in [0.2, 0.25) is 5.02 Å². The first kappa shape index (κ1) is 20.6. The van der Waals surface area contributed by atoms with Gasteiger partial charge in [0.1, 0.15) is 6.04 Å². The molecule has 1 unspecified atom stereocenters. The van der Waals surface area contributed by atoms with E-state index < -0.39 is 6.04 Å². The molecule has 0 radical (unpaired) electrons. The van der Waals surface area contributed by atoms with E-state index in [-0.39, 0.29) is 18.4 Å². The minimum absolute atomic E-state index is 0.121. The van der Waals surface area contributed by atoms with Gasteiger partial charge in [0.25, 0.3) is 5.91 Å². The monoisotopic (exact) mass is 408 g/mol. The molecule has 29 heavy (non-hydrogen) atoms. The van der Waals surface area contributed by atoms with Gasteiger partial charge in [-0.3, -0.25) is 9.59 Å². The van der Waals surface area contributed by atoms with Gasteiger partial charge in [0.05, 0.1) is 6.61 Å². The fourth-order valence-electron chi connectivity index (χ4n) is 2.88. The number of carbonyl (C=O) groups is 2. The summed E-state index contributed by atoms with van der Waals surface area (Å²) >= 11 is 5.88. The summed E-state index contributed by atoms with van der Waals surface area (Å²) in [6, 6.07) is 22.1. The van der Waals surface area contributed by atoms with Gasteiger partial charge in [-0.2, -0.15) is 0 Å². The van der Waals surface area contributed by atoms with Crippen molar-refractivity contribution in [3.05, 3.63) is 101 Å². The van der Waals surface area contributed by atoms with Gasteiger partial charge in [-0.05, 0) is 47.5 Å². The predicted octanol–water partition coefficient (Wildman–Crippen LogP) is 3.81. The van der Waals surface area contributed by atoms with Crippen LogP contribution in [0.5, 0.6) is 0 Å². The predicted molar refractivity (Wildman–Crippen MR) is 114 cm³/mol. The van der Waals surface area contributed by atoms with E-state index in [1.807, 2.05) is 30.3 Å². The molecule has 0 fully saturated rings. The molecule has 0 heterocycles. The fourth-order valence-corrected chi connectivity index (χ4v) is 3.00. The van der Waals surface area contributed by atoms with Crippen LogP contribution in [0.1, 0.15) is 21.5 Å². The maximum absolute atomic E-state index is 12.9. The van der Waals surface area contributed by atoms with E-state index >= 15 is 0 Å². The molecule has 0 spiro atoms. The second-order valence-corrected chi connectivity index (χ2v) is 7.01. The lowest BCUT2D eigenvalue weighted by Gasteiger charge is -2.19. The maximum Gasteiger partial charge on any atom is 0.251 e. The third kappa shape index (κ3) is 5.91. The van der Waals surface area contributed by atoms with Crippen molar-refractivity contribution in [3.8, 4) is 0 Å². The Bertz CT molecular complexity index is 975. The van der Waals surface area contributed by atoms with Crippen molar-refractivity contribution < 1.29 is 14.7 Å². The summed E-state index contributed by atoms with van der Waals surface area (Å²) in [6.07, 6.45) is 0.339. The Morgan fingerprint density at radius 3 is 2.28 bits per heavy atom. The van der Waals surface area contributed by atoms with E-state index in [9.17, 15) is 14.7 Å². The highest BCUT2D eigenvalue weighted by atomic mass is 35.5. The molecule has 1 atom stereocenters. The quantitative estimate of drug-likeness (QED) is 0.556. The number of hydrogen-bond donors (Lipinski definition) is 3. The molecule has 0 aliphatic rings. The summed E-state index contributed by atoms with van der Waals surface area (Å²) in [5.41, 5.74) is 2.59. The van der Waals surface area contributed by atoms with Gasteiger partial charge in [0, 0.05) is 22.7 Å². The van der Waals surface area contributed by atoms with E-state index in [0.29, 0.717) is 28.3 Å². The van der Waals surface area contributed by atoms with Crippen molar-refractivity contribution in [2.24, 2.45) is 0 Å². The minimum atomic E-state index is -0.779. The largest absolute Gasteiger partial charge is 0.392 e. The number of anilines is 1. The van der Waals surface area contributed by atoms with Crippen molar-refractivity contribution in [2.75, 3.05) is 5.32 Å². The standard InChI is InChI=1S/C23H21ClN2O3/c24-19-11-9-18(10-12-19)22(28)26-21(14-16-5-2-1-3-6-16)23(29)25-20-8-4-7-17(13-20)15-27/h1-13,21,27H,14-15H2,(H,25,29)(H,26,28). The summed E-state index contributed by atoms with van der Waals surface area (Å²) in [4.78, 5) is 25.6. The number of nitrogens with one attached hydrogen (secondary N) is 2. The molecule has 2 amide bonds. The summed E-state index contributed by atoms with van der Waals surface area (Å²) in [5, 5.41) is 15.4. The number of carbonyl (C=O) groups excluding carboxylic acids is 2. The van der Waals surface area contributed by atoms with Crippen LogP contribution in [0, 0.1) is 0 Å². The summed E-state index contributed by atoms with van der Waals surface area (Å²) in [7, 11) is 0. The summed E-state index contributed by atoms with van der Waals surface area (Å²) in [6.45, 7) is -0.121. The van der Waals surface area contributed by atoms with Crippen LogP contribution >= 0.6 is 11.6 Å². The van der Waals surface area contributed by atoms with Crippen LogP contribution in [0.25, 0.3) is 0 Å². The number of hydrogen-bond acceptors (Lipinski definition) is 3. The lowest BCUT2D eigenvalue weighted by atomic mass is 10.0. The van der Waals surface area contributed by atoms with Crippen LogP contribution in [-0.4, -0.2) is 23.0 Å². The van der Waals surface area contributed by atoms with Crippen molar-refractivity contribution in [1.82, 2.24) is 5.32 Å². The molecule has 3 aromatic carbocycles. The number of halogens is 1. The van der Waals surface area contributed by atoms with Crippen LogP contribution < -0.4 is 10.6 Å². The van der Waals surface area contributed by atoms with Crippen molar-refractivity contribution >= 4 is 29.1 Å². The first-order chi connectivity index (χ1) is 14.0. The normalized spacial score (nSPS) is 11.5. The number of rotatable bonds is 7. The smallest absolute Gasteiger partial charge is 0.251 e. The van der Waals surface area contributed by atoms with Crippen LogP contribution in [0.4, 0.5) is 5.69 Å². The van der Waals surface area contributed by atoms with E-state index in [0.717, 1.165) is 5.56 Å². The van der Waals surface area contributed by atoms with Crippen molar-refractivity contribution in [3.63, 3.8) is 0 Å². The van der Waals surface area contributed by atoms with E-state index in [1.54, 1.807) is 48.5 Å². The second-order valence-electron chi connectivity index (χ2n) is 6.57. The fraction of sp³-hybridized carbons (Fsp3) is 0.130. The highest BCUT2D eigenvalue weighted by Gasteiger charge is 2.22. The van der Waals surface area contributed by atoms with Gasteiger partial charge in [-0.1, -0.05) is 54.1 Å². The zero-order chi connectivity index (χ0) is 20.6. The van der Waals surface area contributed by atoms with Gasteiger partial charge >= 0.3 is 0 Å². The topological polar surface area (TPSA) is 78.4 Å². The Balaban J connectivity index is 1.78. The first-order valence-corrected chi connectivity index (χ1v) is 9.54. The Kier molecular flexibility index (Phi) is 7.00. The molecule has 0 aliphatic heterocycles. The molecule has 148 valence electrons. The zero-order valence-electron chi connectivity index (χ0n) is 15.6. The molecular weight excluding hydrogens is 388 g/mol. The molecule has 0 bridgehead atoms. The number of aliphatic hydroxyl groups excluding tert-OH is 1. The van der Waals surface area contributed by atoms with E-state index in [2.05, 4.69) is 10.6 Å². The molecule has 0 aromatic heterocycles. The summed E-state index contributed by atoms with van der Waals surface area (Å²) < 4.78 is 0. The molecule has 3 N–H and O–H groups in total. The van der Waals surface area contributed by atoms with Crippen LogP contribution in [0.15, 0.2) is 78.9 Å². The molecule has 3 aromatic rings. The lowest BCUT2D eigenvalue weighted by Crippen LogP contribution is -2.45. The number of amides is 2.